The summed E-state index contributed by atoms with van der Waals surface area (Å²) >= 11 is 7.91. The maximum absolute atomic E-state index is 11.9. The molecule has 92 valence electrons. The second-order valence-electron chi connectivity index (χ2n) is 4.05. The molecule has 1 heterocycles. The summed E-state index contributed by atoms with van der Waals surface area (Å²) in [5.41, 5.74) is 6.55. The minimum absolute atomic E-state index is 0.144. The molecule has 1 saturated heterocycles. The number of benzene rings is 1. The van der Waals surface area contributed by atoms with Crippen LogP contribution in [0.2, 0.25) is 5.02 Å². The lowest BCUT2D eigenvalue weighted by atomic mass is 10.2. The minimum atomic E-state index is -0.144. The van der Waals surface area contributed by atoms with Crippen LogP contribution in [0.3, 0.4) is 0 Å². The van der Waals surface area contributed by atoms with Gasteiger partial charge in [-0.25, -0.2) is 0 Å². The molecule has 1 aliphatic heterocycles. The fourth-order valence-corrected chi connectivity index (χ4v) is 3.25. The Balaban J connectivity index is 1.97. The van der Waals surface area contributed by atoms with Gasteiger partial charge in [-0.2, -0.15) is 11.8 Å². The highest BCUT2D eigenvalue weighted by Gasteiger charge is 2.18. The summed E-state index contributed by atoms with van der Waals surface area (Å²) in [6, 6.07) is 5.11. The van der Waals surface area contributed by atoms with Crippen LogP contribution in [0.25, 0.3) is 0 Å². The summed E-state index contributed by atoms with van der Waals surface area (Å²) in [7, 11) is 0. The van der Waals surface area contributed by atoms with E-state index in [0.717, 1.165) is 0 Å². The SMILES string of the molecule is Nc1cccc(C(=O)NCC2CCCS2)c1Cl. The van der Waals surface area contributed by atoms with Crippen molar-refractivity contribution in [3.05, 3.63) is 28.8 Å². The van der Waals surface area contributed by atoms with E-state index in [1.54, 1.807) is 18.2 Å². The zero-order valence-corrected chi connectivity index (χ0v) is 11.0. The largest absolute Gasteiger partial charge is 0.398 e. The Morgan fingerprint density at radius 1 is 1.59 bits per heavy atom. The standard InChI is InChI=1S/C12H15ClN2OS/c13-11-9(4-1-5-10(11)14)12(16)15-7-8-3-2-6-17-8/h1,4-5,8H,2-3,6-7,14H2,(H,15,16). The first kappa shape index (κ1) is 12.6. The van der Waals surface area contributed by atoms with Gasteiger partial charge in [0.1, 0.15) is 0 Å². The van der Waals surface area contributed by atoms with Gasteiger partial charge in [-0.3, -0.25) is 4.79 Å². The lowest BCUT2D eigenvalue weighted by Crippen LogP contribution is -2.30. The average molecular weight is 271 g/mol. The van der Waals surface area contributed by atoms with Crippen LogP contribution in [-0.4, -0.2) is 23.5 Å². The van der Waals surface area contributed by atoms with Crippen LogP contribution < -0.4 is 11.1 Å². The highest BCUT2D eigenvalue weighted by molar-refractivity contribution is 8.00. The van der Waals surface area contributed by atoms with E-state index in [-0.39, 0.29) is 5.91 Å². The Labute approximate surface area is 110 Å². The van der Waals surface area contributed by atoms with Gasteiger partial charge in [-0.15, -0.1) is 0 Å². The predicted molar refractivity (Wildman–Crippen MR) is 73.7 cm³/mol. The summed E-state index contributed by atoms with van der Waals surface area (Å²) in [4.78, 5) is 11.9. The van der Waals surface area contributed by atoms with Gasteiger partial charge in [0.15, 0.2) is 0 Å². The van der Waals surface area contributed by atoms with Gasteiger partial charge in [0.25, 0.3) is 5.91 Å². The molecule has 0 aromatic heterocycles. The van der Waals surface area contributed by atoms with Crippen molar-refractivity contribution in [2.45, 2.75) is 18.1 Å². The number of thioether (sulfide) groups is 1. The molecule has 1 atom stereocenters. The van der Waals surface area contributed by atoms with Gasteiger partial charge in [-0.1, -0.05) is 17.7 Å². The van der Waals surface area contributed by atoms with Gasteiger partial charge in [0, 0.05) is 11.8 Å². The monoisotopic (exact) mass is 270 g/mol. The van der Waals surface area contributed by atoms with Crippen molar-refractivity contribution in [2.24, 2.45) is 0 Å². The highest BCUT2D eigenvalue weighted by atomic mass is 35.5. The number of nitrogen functional groups attached to an aromatic ring is 1. The molecule has 2 rings (SSSR count). The van der Waals surface area contributed by atoms with E-state index in [4.69, 9.17) is 17.3 Å². The molecule has 5 heteroatoms. The molecular formula is C12H15ClN2OS. The second-order valence-corrected chi connectivity index (χ2v) is 5.84. The maximum atomic E-state index is 11.9. The first-order chi connectivity index (χ1) is 8.18. The maximum Gasteiger partial charge on any atom is 0.252 e. The Hall–Kier alpha value is -0.870. The quantitative estimate of drug-likeness (QED) is 0.830. The number of halogens is 1. The van der Waals surface area contributed by atoms with Crippen molar-refractivity contribution in [1.29, 1.82) is 0 Å². The van der Waals surface area contributed by atoms with E-state index in [1.165, 1.54) is 18.6 Å². The fourth-order valence-electron chi connectivity index (χ4n) is 1.83. The number of hydrogen-bond donors (Lipinski definition) is 2. The number of nitrogens with two attached hydrogens (primary N) is 1. The Kier molecular flexibility index (Phi) is 4.18. The topological polar surface area (TPSA) is 55.1 Å². The number of rotatable bonds is 3. The lowest BCUT2D eigenvalue weighted by Gasteiger charge is -2.11. The van der Waals surface area contributed by atoms with Crippen molar-refractivity contribution in [3.8, 4) is 0 Å². The molecule has 17 heavy (non-hydrogen) atoms. The van der Waals surface area contributed by atoms with Gasteiger partial charge < -0.3 is 11.1 Å². The molecule has 1 amide bonds. The molecular weight excluding hydrogens is 256 g/mol. The van der Waals surface area contributed by atoms with Crippen LogP contribution in [0, 0.1) is 0 Å². The second kappa shape index (κ2) is 5.65. The van der Waals surface area contributed by atoms with Crippen LogP contribution in [-0.2, 0) is 0 Å². The number of hydrogen-bond acceptors (Lipinski definition) is 3. The summed E-state index contributed by atoms with van der Waals surface area (Å²) in [6.07, 6.45) is 2.42. The Morgan fingerprint density at radius 3 is 3.12 bits per heavy atom. The molecule has 0 aliphatic carbocycles. The van der Waals surface area contributed by atoms with Gasteiger partial charge >= 0.3 is 0 Å². The van der Waals surface area contributed by atoms with Crippen LogP contribution in [0.4, 0.5) is 5.69 Å². The van der Waals surface area contributed by atoms with Crippen molar-refractivity contribution in [2.75, 3.05) is 18.0 Å². The van der Waals surface area contributed by atoms with Crippen LogP contribution in [0.1, 0.15) is 23.2 Å². The normalized spacial score (nSPS) is 19.2. The van der Waals surface area contributed by atoms with E-state index in [1.807, 2.05) is 11.8 Å². The third kappa shape index (κ3) is 3.07. The van der Waals surface area contributed by atoms with E-state index >= 15 is 0 Å². The van der Waals surface area contributed by atoms with E-state index in [0.29, 0.717) is 28.1 Å². The zero-order chi connectivity index (χ0) is 12.3. The molecule has 3 N–H and O–H groups in total. The summed E-state index contributed by atoms with van der Waals surface area (Å²) < 4.78 is 0. The van der Waals surface area contributed by atoms with Crippen LogP contribution >= 0.6 is 23.4 Å². The van der Waals surface area contributed by atoms with Gasteiger partial charge in [0.2, 0.25) is 0 Å². The van der Waals surface area contributed by atoms with E-state index < -0.39 is 0 Å². The van der Waals surface area contributed by atoms with Crippen LogP contribution in [0.15, 0.2) is 18.2 Å². The van der Waals surface area contributed by atoms with Gasteiger partial charge in [0.05, 0.1) is 16.3 Å². The highest BCUT2D eigenvalue weighted by Crippen LogP contribution is 2.26. The molecule has 0 radical (unpaired) electrons. The smallest absolute Gasteiger partial charge is 0.252 e. The van der Waals surface area contributed by atoms with E-state index in [2.05, 4.69) is 5.32 Å². The van der Waals surface area contributed by atoms with E-state index in [9.17, 15) is 4.79 Å². The number of carbonyl (C=O) groups excluding carboxylic acids is 1. The van der Waals surface area contributed by atoms with Crippen molar-refractivity contribution < 1.29 is 4.79 Å². The molecule has 1 fully saturated rings. The first-order valence-electron chi connectivity index (χ1n) is 5.62. The minimum Gasteiger partial charge on any atom is -0.398 e. The lowest BCUT2D eigenvalue weighted by molar-refractivity contribution is 0.0954. The predicted octanol–water partition coefficient (Wildman–Crippen LogP) is 2.55. The molecule has 1 aliphatic rings. The average Bonchev–Trinajstić information content (AvgIpc) is 2.82. The third-order valence-corrected chi connectivity index (χ3v) is 4.61. The fraction of sp³-hybridized carbons (Fsp3) is 0.417. The molecule has 1 aromatic carbocycles. The molecule has 0 saturated carbocycles. The molecule has 0 spiro atoms. The first-order valence-corrected chi connectivity index (χ1v) is 7.05. The Morgan fingerprint density at radius 2 is 2.41 bits per heavy atom. The zero-order valence-electron chi connectivity index (χ0n) is 9.41. The van der Waals surface area contributed by atoms with Crippen molar-refractivity contribution in [3.63, 3.8) is 0 Å². The summed E-state index contributed by atoms with van der Waals surface area (Å²) in [5, 5.41) is 3.79. The van der Waals surface area contributed by atoms with Crippen molar-refractivity contribution in [1.82, 2.24) is 5.32 Å². The number of anilines is 1. The molecule has 1 aromatic rings. The molecule has 3 nitrogen and oxygen atoms in total. The summed E-state index contributed by atoms with van der Waals surface area (Å²) in [5.74, 6) is 1.05. The number of amides is 1. The number of nitrogens with one attached hydrogen (secondary N) is 1. The Bertz CT molecular complexity index is 419. The molecule has 1 unspecified atom stereocenters. The van der Waals surface area contributed by atoms with Gasteiger partial charge in [-0.05, 0) is 30.7 Å². The number of carbonyl (C=O) groups is 1. The summed E-state index contributed by atoms with van der Waals surface area (Å²) in [6.45, 7) is 0.703. The van der Waals surface area contributed by atoms with Crippen LogP contribution in [0.5, 0.6) is 0 Å². The molecule has 0 bridgehead atoms. The van der Waals surface area contributed by atoms with Crippen molar-refractivity contribution >= 4 is 35.0 Å². The third-order valence-electron chi connectivity index (χ3n) is 2.79.